The summed E-state index contributed by atoms with van der Waals surface area (Å²) in [5.41, 5.74) is 0.649. The topological polar surface area (TPSA) is 66.4 Å². The van der Waals surface area contributed by atoms with Crippen molar-refractivity contribution in [1.82, 2.24) is 0 Å². The summed E-state index contributed by atoms with van der Waals surface area (Å²) < 4.78 is 5.46. The Hall–Kier alpha value is -0.840. The quantitative estimate of drug-likeness (QED) is 0.299. The number of ketones is 1. The van der Waals surface area contributed by atoms with Crippen LogP contribution in [0.3, 0.4) is 0 Å². The van der Waals surface area contributed by atoms with Crippen molar-refractivity contribution in [2.75, 3.05) is 0 Å². The maximum absolute atomic E-state index is 12.1. The molecule has 0 bridgehead atoms. The Kier molecular flexibility index (Phi) is 13.9. The molecule has 0 fully saturated rings. The van der Waals surface area contributed by atoms with Crippen LogP contribution in [0.5, 0.6) is 5.75 Å². The van der Waals surface area contributed by atoms with Crippen molar-refractivity contribution in [1.29, 1.82) is 0 Å². The average Bonchev–Trinajstić information content (AvgIpc) is 2.58. The summed E-state index contributed by atoms with van der Waals surface area (Å²) >= 11 is 0. The molecule has 1 aromatic carbocycles. The molecule has 25 heavy (non-hydrogen) atoms. The smallest absolute Gasteiger partial charge is 0.546 e. The van der Waals surface area contributed by atoms with E-state index in [9.17, 15) is 14.7 Å². The van der Waals surface area contributed by atoms with Gasteiger partial charge in [-0.1, -0.05) is 46.0 Å². The van der Waals surface area contributed by atoms with Gasteiger partial charge in [0.05, 0.1) is 5.97 Å². The van der Waals surface area contributed by atoms with Crippen molar-refractivity contribution in [3.05, 3.63) is 29.8 Å². The number of Topliss-reactive ketones (excluding diaryl/α,β-unsaturated/α-hetero) is 1. The molecule has 0 aromatic heterocycles. The van der Waals surface area contributed by atoms with Crippen LogP contribution in [0.2, 0.25) is 0 Å². The van der Waals surface area contributed by atoms with E-state index in [0.29, 0.717) is 24.2 Å². The monoisotopic (exact) mass is 356 g/mol. The minimum atomic E-state index is -1.20. The van der Waals surface area contributed by atoms with Crippen molar-refractivity contribution in [2.24, 2.45) is 0 Å². The van der Waals surface area contributed by atoms with Crippen molar-refractivity contribution < 1.29 is 49.0 Å². The SMILES string of the molecule is CCCCCCCC(=O)c1ccc(OC(CCCC)C(=O)[O-])cc1.[Na+]. The van der Waals surface area contributed by atoms with E-state index in [1.807, 2.05) is 6.92 Å². The average molecular weight is 356 g/mol. The van der Waals surface area contributed by atoms with Gasteiger partial charge in [-0.2, -0.15) is 0 Å². The second-order valence-electron chi connectivity index (χ2n) is 6.18. The number of hydrogen-bond donors (Lipinski definition) is 0. The van der Waals surface area contributed by atoms with E-state index in [1.165, 1.54) is 19.3 Å². The predicted octanol–water partition coefficient (Wildman–Crippen LogP) is 0.921. The van der Waals surface area contributed by atoms with Gasteiger partial charge in [-0.25, -0.2) is 0 Å². The molecule has 1 unspecified atom stereocenters. The first-order chi connectivity index (χ1) is 11.6. The van der Waals surface area contributed by atoms with Gasteiger partial charge in [-0.3, -0.25) is 4.79 Å². The number of rotatable bonds is 13. The zero-order chi connectivity index (χ0) is 17.8. The Labute approximate surface area is 173 Å². The zero-order valence-electron chi connectivity index (χ0n) is 15.9. The molecule has 1 aromatic rings. The third-order valence-corrected chi connectivity index (χ3v) is 4.04. The van der Waals surface area contributed by atoms with Crippen LogP contribution in [-0.4, -0.2) is 17.9 Å². The molecule has 0 heterocycles. The Balaban J connectivity index is 0.00000576. The van der Waals surface area contributed by atoms with Crippen LogP contribution in [-0.2, 0) is 4.79 Å². The van der Waals surface area contributed by atoms with Crippen LogP contribution in [0, 0.1) is 0 Å². The van der Waals surface area contributed by atoms with E-state index in [0.717, 1.165) is 25.7 Å². The van der Waals surface area contributed by atoms with Gasteiger partial charge in [-0.15, -0.1) is 0 Å². The molecule has 0 aliphatic heterocycles. The number of benzene rings is 1. The Morgan fingerprint density at radius 1 is 0.960 bits per heavy atom. The van der Waals surface area contributed by atoms with Gasteiger partial charge < -0.3 is 14.6 Å². The van der Waals surface area contributed by atoms with E-state index < -0.39 is 12.1 Å². The summed E-state index contributed by atoms with van der Waals surface area (Å²) in [6.45, 7) is 4.16. The minimum Gasteiger partial charge on any atom is -0.546 e. The summed E-state index contributed by atoms with van der Waals surface area (Å²) in [4.78, 5) is 23.2. The first-order valence-corrected chi connectivity index (χ1v) is 9.09. The van der Waals surface area contributed by atoms with Crippen molar-refractivity contribution in [3.63, 3.8) is 0 Å². The van der Waals surface area contributed by atoms with Gasteiger partial charge in [0.15, 0.2) is 5.78 Å². The van der Waals surface area contributed by atoms with Crippen molar-refractivity contribution in [2.45, 2.75) is 77.7 Å². The standard InChI is InChI=1S/C20H30O4.Na/c1-3-5-7-8-9-10-18(21)16-12-14-17(15-13-16)24-19(20(22)23)11-6-4-2;/h12-15,19H,3-11H2,1-2H3,(H,22,23);/q;+1/p-1. The minimum absolute atomic E-state index is 0. The second kappa shape index (κ2) is 14.3. The number of unbranched alkanes of at least 4 members (excludes halogenated alkanes) is 5. The fourth-order valence-corrected chi connectivity index (χ4v) is 2.53. The van der Waals surface area contributed by atoms with E-state index in [4.69, 9.17) is 4.74 Å². The van der Waals surface area contributed by atoms with E-state index >= 15 is 0 Å². The van der Waals surface area contributed by atoms with E-state index in [-0.39, 0.29) is 35.3 Å². The number of carboxylic acid groups (broad SMARTS) is 1. The predicted molar refractivity (Wildman–Crippen MR) is 93.1 cm³/mol. The molecule has 0 saturated heterocycles. The summed E-state index contributed by atoms with van der Waals surface area (Å²) in [5.74, 6) is -0.615. The fraction of sp³-hybridized carbons (Fsp3) is 0.600. The normalized spacial score (nSPS) is 11.4. The Morgan fingerprint density at radius 2 is 1.56 bits per heavy atom. The van der Waals surface area contributed by atoms with Crippen LogP contribution in [0.1, 0.15) is 82.0 Å². The van der Waals surface area contributed by atoms with Gasteiger partial charge in [0, 0.05) is 12.0 Å². The zero-order valence-corrected chi connectivity index (χ0v) is 17.9. The molecular weight excluding hydrogens is 327 g/mol. The largest absolute Gasteiger partial charge is 1.00 e. The molecule has 0 spiro atoms. The molecule has 134 valence electrons. The summed E-state index contributed by atoms with van der Waals surface area (Å²) in [5, 5.41) is 11.1. The molecular formula is C20H29NaO4. The van der Waals surface area contributed by atoms with Crippen LogP contribution in [0.25, 0.3) is 0 Å². The molecule has 0 aliphatic carbocycles. The fourth-order valence-electron chi connectivity index (χ4n) is 2.53. The van der Waals surface area contributed by atoms with Crippen LogP contribution in [0.15, 0.2) is 24.3 Å². The first-order valence-electron chi connectivity index (χ1n) is 9.09. The molecule has 0 aliphatic rings. The number of ether oxygens (including phenoxy) is 1. The molecule has 0 radical (unpaired) electrons. The maximum Gasteiger partial charge on any atom is 1.00 e. The van der Waals surface area contributed by atoms with E-state index in [2.05, 4.69) is 6.92 Å². The third-order valence-electron chi connectivity index (χ3n) is 4.04. The van der Waals surface area contributed by atoms with Crippen molar-refractivity contribution in [3.8, 4) is 5.75 Å². The molecule has 0 saturated carbocycles. The second-order valence-corrected chi connectivity index (χ2v) is 6.18. The number of carbonyl (C=O) groups excluding carboxylic acids is 2. The third kappa shape index (κ3) is 10.0. The molecule has 0 amide bonds. The van der Waals surface area contributed by atoms with Gasteiger partial charge in [0.25, 0.3) is 0 Å². The maximum atomic E-state index is 12.1. The van der Waals surface area contributed by atoms with Gasteiger partial charge in [0.1, 0.15) is 11.9 Å². The molecule has 4 nitrogen and oxygen atoms in total. The van der Waals surface area contributed by atoms with Crippen LogP contribution >= 0.6 is 0 Å². The number of aliphatic carboxylic acids is 1. The van der Waals surface area contributed by atoms with Crippen LogP contribution < -0.4 is 39.4 Å². The number of hydrogen-bond acceptors (Lipinski definition) is 4. The van der Waals surface area contributed by atoms with Crippen molar-refractivity contribution >= 4 is 11.8 Å². The Bertz CT molecular complexity index is 499. The first kappa shape index (κ1) is 24.2. The summed E-state index contributed by atoms with van der Waals surface area (Å²) in [6, 6.07) is 6.73. The van der Waals surface area contributed by atoms with Gasteiger partial charge >= 0.3 is 29.6 Å². The summed E-state index contributed by atoms with van der Waals surface area (Å²) in [6.07, 6.45) is 7.32. The molecule has 1 atom stereocenters. The number of carbonyl (C=O) groups is 2. The molecule has 1 rings (SSSR count). The van der Waals surface area contributed by atoms with Gasteiger partial charge in [-0.05, 0) is 43.5 Å². The van der Waals surface area contributed by atoms with Crippen LogP contribution in [0.4, 0.5) is 0 Å². The van der Waals surface area contributed by atoms with Gasteiger partial charge in [0.2, 0.25) is 0 Å². The van der Waals surface area contributed by atoms with E-state index in [1.54, 1.807) is 24.3 Å². The number of carboxylic acids is 1. The molecule has 5 heteroatoms. The Morgan fingerprint density at radius 3 is 2.12 bits per heavy atom. The molecule has 0 N–H and O–H groups in total. The summed E-state index contributed by atoms with van der Waals surface area (Å²) in [7, 11) is 0.